The minimum Gasteiger partial charge on any atom is -0.490 e. The molecule has 0 aromatic carbocycles. The van der Waals surface area contributed by atoms with Crippen LogP contribution in [-0.4, -0.2) is 53.4 Å². The Morgan fingerprint density at radius 2 is 1.24 bits per heavy atom. The van der Waals surface area contributed by atoms with Crippen LogP contribution in [0.5, 0.6) is 0 Å². The van der Waals surface area contributed by atoms with Crippen LogP contribution in [-0.2, 0) is 28.7 Å². The fourth-order valence-electron chi connectivity index (χ4n) is 3.19. The molecule has 2 rings (SSSR count). The Kier molecular flexibility index (Phi) is 18.5. The van der Waals surface area contributed by atoms with Crippen molar-refractivity contribution in [3.8, 4) is 0 Å². The lowest BCUT2D eigenvalue weighted by atomic mass is 9.93. The Hall–Kier alpha value is -3.36. The number of allylic oxidation sites excluding steroid dienone is 1. The fourth-order valence-corrected chi connectivity index (χ4v) is 3.19. The third-order valence-corrected chi connectivity index (χ3v) is 5.06. The van der Waals surface area contributed by atoms with Crippen LogP contribution in [0.2, 0.25) is 0 Å². The molecule has 0 radical (unpaired) electrons. The van der Waals surface area contributed by atoms with Gasteiger partial charge in [0.2, 0.25) is 0 Å². The van der Waals surface area contributed by atoms with E-state index in [-0.39, 0.29) is 17.3 Å². The maximum Gasteiger partial charge on any atom is 0.370 e. The van der Waals surface area contributed by atoms with E-state index in [2.05, 4.69) is 30.5 Å². The Morgan fingerprint density at radius 3 is 1.50 bits per heavy atom. The van der Waals surface area contributed by atoms with E-state index in [0.29, 0.717) is 11.8 Å². The zero-order valence-corrected chi connectivity index (χ0v) is 20.4. The van der Waals surface area contributed by atoms with E-state index in [1.165, 1.54) is 72.5 Å². The van der Waals surface area contributed by atoms with E-state index >= 15 is 0 Å². The number of hydrogen-bond donors (Lipinski definition) is 3. The van der Waals surface area contributed by atoms with Gasteiger partial charge in [0.25, 0.3) is 0 Å². The Balaban J connectivity index is 0. The Bertz CT molecular complexity index is 725. The van der Waals surface area contributed by atoms with Crippen molar-refractivity contribution >= 4 is 23.9 Å². The van der Waals surface area contributed by atoms with Crippen LogP contribution in [0.3, 0.4) is 0 Å². The molecule has 2 fully saturated rings. The molecule has 0 aromatic rings. The first-order valence-corrected chi connectivity index (χ1v) is 10.9. The van der Waals surface area contributed by atoms with Crippen LogP contribution in [0, 0.1) is 11.8 Å². The zero-order valence-electron chi connectivity index (χ0n) is 20.4. The minimum atomic E-state index is -1.12. The van der Waals surface area contributed by atoms with Gasteiger partial charge in [0.1, 0.15) is 0 Å². The number of methoxy groups -OCH3 is 2. The number of carboxylic acid groups (broad SMARTS) is 3. The highest BCUT2D eigenvalue weighted by molar-refractivity contribution is 5.89. The second-order valence-corrected chi connectivity index (χ2v) is 7.70. The molecule has 0 bridgehead atoms. The lowest BCUT2D eigenvalue weighted by Gasteiger charge is -2.14. The van der Waals surface area contributed by atoms with Crippen molar-refractivity contribution in [3.05, 3.63) is 48.8 Å². The van der Waals surface area contributed by atoms with Gasteiger partial charge in [-0.3, -0.25) is 0 Å². The van der Waals surface area contributed by atoms with Crippen LogP contribution < -0.4 is 0 Å². The van der Waals surface area contributed by atoms with Gasteiger partial charge in [-0.25, -0.2) is 19.2 Å². The first-order chi connectivity index (χ1) is 15.9. The first kappa shape index (κ1) is 32.8. The molecule has 0 aliphatic heterocycles. The predicted molar refractivity (Wildman–Crippen MR) is 128 cm³/mol. The molecule has 2 aliphatic rings. The van der Waals surface area contributed by atoms with Gasteiger partial charge in [-0.15, -0.1) is 0 Å². The summed E-state index contributed by atoms with van der Waals surface area (Å²) in [5.74, 6) is -2.25. The van der Waals surface area contributed by atoms with Crippen molar-refractivity contribution < 1.29 is 44.0 Å². The smallest absolute Gasteiger partial charge is 0.370 e. The average molecular weight is 483 g/mol. The molecular formula is C25H38O9. The summed E-state index contributed by atoms with van der Waals surface area (Å²) in [6.45, 7) is 10.6. The third-order valence-electron chi connectivity index (χ3n) is 5.06. The number of ether oxygens (including phenoxy) is 2. The van der Waals surface area contributed by atoms with Gasteiger partial charge in [-0.05, 0) is 51.0 Å². The summed E-state index contributed by atoms with van der Waals surface area (Å²) in [5, 5.41) is 23.5. The molecule has 0 heterocycles. The van der Waals surface area contributed by atoms with Gasteiger partial charge < -0.3 is 24.8 Å². The Labute approximate surface area is 201 Å². The molecule has 2 aliphatic carbocycles. The highest BCUT2D eigenvalue weighted by atomic mass is 16.5. The number of rotatable bonds is 7. The van der Waals surface area contributed by atoms with Gasteiger partial charge in [-0.1, -0.05) is 44.9 Å². The lowest BCUT2D eigenvalue weighted by Crippen LogP contribution is -2.13. The molecule has 2 saturated carbocycles. The van der Waals surface area contributed by atoms with E-state index in [4.69, 9.17) is 20.1 Å². The Morgan fingerprint density at radius 1 is 0.824 bits per heavy atom. The summed E-state index contributed by atoms with van der Waals surface area (Å²) in [5.41, 5.74) is 1.15. The first-order valence-electron chi connectivity index (χ1n) is 10.9. The molecule has 192 valence electrons. The summed E-state index contributed by atoms with van der Waals surface area (Å²) in [7, 11) is 2.76. The second kappa shape index (κ2) is 19.1. The van der Waals surface area contributed by atoms with E-state index < -0.39 is 17.9 Å². The summed E-state index contributed by atoms with van der Waals surface area (Å²) in [6, 6.07) is 0. The number of carbonyl (C=O) groups excluding carboxylic acids is 1. The van der Waals surface area contributed by atoms with Crippen molar-refractivity contribution in [2.45, 2.75) is 58.3 Å². The molecular weight excluding hydrogens is 444 g/mol. The monoisotopic (exact) mass is 482 g/mol. The zero-order chi connectivity index (χ0) is 26.7. The van der Waals surface area contributed by atoms with Crippen molar-refractivity contribution in [1.29, 1.82) is 0 Å². The summed E-state index contributed by atoms with van der Waals surface area (Å²) in [6.07, 6.45) is 13.1. The predicted octanol–water partition coefficient (Wildman–Crippen LogP) is 4.60. The van der Waals surface area contributed by atoms with Crippen LogP contribution >= 0.6 is 0 Å². The normalized spacial score (nSPS) is 15.1. The van der Waals surface area contributed by atoms with Gasteiger partial charge in [0, 0.05) is 17.2 Å². The highest BCUT2D eigenvalue weighted by Crippen LogP contribution is 2.35. The molecule has 0 amide bonds. The van der Waals surface area contributed by atoms with Crippen LogP contribution in [0.25, 0.3) is 0 Å². The van der Waals surface area contributed by atoms with Crippen molar-refractivity contribution in [3.63, 3.8) is 0 Å². The highest BCUT2D eigenvalue weighted by Gasteiger charge is 2.26. The van der Waals surface area contributed by atoms with Gasteiger partial charge >= 0.3 is 23.9 Å². The van der Waals surface area contributed by atoms with Crippen LogP contribution in [0.4, 0.5) is 0 Å². The topological polar surface area (TPSA) is 147 Å². The largest absolute Gasteiger partial charge is 0.490 e. The molecule has 0 spiro atoms. The SMILES string of the molecule is C=C(C)C(=O)O.C=C(OC)C(=O)O.C=CC(=O)O.COC(=O)C(=CC1CCCC1)C1CCCC1. The van der Waals surface area contributed by atoms with Crippen LogP contribution in [0.15, 0.2) is 48.8 Å². The molecule has 0 unspecified atom stereocenters. The van der Waals surface area contributed by atoms with Crippen molar-refractivity contribution in [1.82, 2.24) is 0 Å². The summed E-state index contributed by atoms with van der Waals surface area (Å²) < 4.78 is 9.15. The molecule has 0 aromatic heterocycles. The van der Waals surface area contributed by atoms with E-state index in [1.807, 2.05) is 0 Å². The molecule has 9 nitrogen and oxygen atoms in total. The molecule has 3 N–H and O–H groups in total. The van der Waals surface area contributed by atoms with E-state index in [0.717, 1.165) is 11.6 Å². The van der Waals surface area contributed by atoms with E-state index in [9.17, 15) is 19.2 Å². The average Bonchev–Trinajstić information content (AvgIpc) is 3.51. The maximum absolute atomic E-state index is 11.8. The number of esters is 1. The van der Waals surface area contributed by atoms with Crippen molar-refractivity contribution in [2.24, 2.45) is 11.8 Å². The van der Waals surface area contributed by atoms with E-state index in [1.54, 1.807) is 0 Å². The standard InChI is InChI=1S/C14H22O2.C4H6O3.C4H6O2.C3H4O2/c1-16-14(15)13(12-8-4-5-9-12)10-11-6-2-3-7-11;1-3(7-2)4(5)6;1-3(2)4(5)6;1-2-3(4)5/h10-12H,2-9H2,1H3;1H2,2H3,(H,5,6);1H2,2H3,(H,5,6);2H,1H2,(H,4,5). The van der Waals surface area contributed by atoms with Gasteiger partial charge in [-0.2, -0.15) is 0 Å². The molecule has 0 atom stereocenters. The summed E-state index contributed by atoms with van der Waals surface area (Å²) in [4.78, 5) is 40.4. The molecule has 0 saturated heterocycles. The quantitative estimate of drug-likeness (QED) is 0.269. The number of hydrogen-bond acceptors (Lipinski definition) is 6. The molecule has 34 heavy (non-hydrogen) atoms. The molecule has 9 heteroatoms. The lowest BCUT2D eigenvalue weighted by molar-refractivity contribution is -0.137. The van der Waals surface area contributed by atoms with Crippen molar-refractivity contribution in [2.75, 3.05) is 14.2 Å². The summed E-state index contributed by atoms with van der Waals surface area (Å²) >= 11 is 0. The van der Waals surface area contributed by atoms with Crippen LogP contribution in [0.1, 0.15) is 58.3 Å². The number of carbonyl (C=O) groups is 4. The maximum atomic E-state index is 11.8. The van der Waals surface area contributed by atoms with Gasteiger partial charge in [0.05, 0.1) is 14.2 Å². The van der Waals surface area contributed by atoms with Gasteiger partial charge in [0.15, 0.2) is 5.76 Å². The third kappa shape index (κ3) is 16.3. The minimum absolute atomic E-state index is 0.0844. The number of aliphatic carboxylic acids is 3. The second-order valence-electron chi connectivity index (χ2n) is 7.70. The fraction of sp³-hybridized carbons (Fsp3) is 0.520. The number of carboxylic acids is 3.